The summed E-state index contributed by atoms with van der Waals surface area (Å²) in [5.41, 5.74) is 1.80. The highest BCUT2D eigenvalue weighted by Gasteiger charge is 2.24. The Balaban J connectivity index is 1.62. The molecule has 4 rings (SSSR count). The van der Waals surface area contributed by atoms with Gasteiger partial charge >= 0.3 is 0 Å². The number of carbonyl (C=O) groups excluding carboxylic acids is 1. The Morgan fingerprint density at radius 2 is 1.87 bits per heavy atom. The van der Waals surface area contributed by atoms with Crippen molar-refractivity contribution in [2.75, 3.05) is 36.9 Å². The van der Waals surface area contributed by atoms with Crippen molar-refractivity contribution in [1.82, 2.24) is 19.5 Å². The van der Waals surface area contributed by atoms with E-state index in [4.69, 9.17) is 10.1 Å². The standard InChI is InChI=1S/C22H30N6OS/c1-22(2,3)24-19-18(16-11-7-5-8-12-16)23-20-28(19)25-21(30-20)26(4)15-17(29)27-13-9-6-10-14-27/h5,7-8,11-12,24H,6,9-10,13-15H2,1-4H3. The topological polar surface area (TPSA) is 65.8 Å². The highest BCUT2D eigenvalue weighted by molar-refractivity contribution is 7.20. The summed E-state index contributed by atoms with van der Waals surface area (Å²) in [6.45, 7) is 8.44. The highest BCUT2D eigenvalue weighted by Crippen LogP contribution is 2.34. The van der Waals surface area contributed by atoms with E-state index in [0.29, 0.717) is 6.54 Å². The SMILES string of the molecule is CN(CC(=O)N1CCCCC1)c1nn2c(NC(C)(C)C)c(-c3ccccc3)nc2s1. The second kappa shape index (κ2) is 8.26. The molecule has 0 spiro atoms. The fourth-order valence-corrected chi connectivity index (χ4v) is 4.53. The number of likely N-dealkylation sites (tertiary alicyclic amines) is 1. The normalized spacial score (nSPS) is 14.9. The molecule has 1 amide bonds. The van der Waals surface area contributed by atoms with Crippen LogP contribution in [0.5, 0.6) is 0 Å². The number of hydrogen-bond donors (Lipinski definition) is 1. The number of rotatable bonds is 5. The summed E-state index contributed by atoms with van der Waals surface area (Å²) in [6, 6.07) is 10.2. The molecule has 160 valence electrons. The molecule has 0 unspecified atom stereocenters. The van der Waals surface area contributed by atoms with E-state index in [0.717, 1.165) is 53.1 Å². The molecule has 1 N–H and O–H groups in total. The van der Waals surface area contributed by atoms with Gasteiger partial charge in [-0.15, -0.1) is 5.10 Å². The fourth-order valence-electron chi connectivity index (χ4n) is 3.67. The molecular formula is C22H30N6OS. The van der Waals surface area contributed by atoms with Crippen LogP contribution in [0, 0.1) is 0 Å². The number of benzene rings is 1. The van der Waals surface area contributed by atoms with Gasteiger partial charge in [0.1, 0.15) is 5.69 Å². The van der Waals surface area contributed by atoms with Crippen LogP contribution in [-0.2, 0) is 4.79 Å². The van der Waals surface area contributed by atoms with Crippen LogP contribution in [0.2, 0.25) is 0 Å². The first kappa shape index (κ1) is 20.7. The number of nitrogens with zero attached hydrogens (tertiary/aromatic N) is 5. The Bertz CT molecular complexity index is 1010. The molecular weight excluding hydrogens is 396 g/mol. The van der Waals surface area contributed by atoms with Crippen LogP contribution in [0.1, 0.15) is 40.0 Å². The van der Waals surface area contributed by atoms with Crippen LogP contribution < -0.4 is 10.2 Å². The molecule has 1 aliphatic heterocycles. The van der Waals surface area contributed by atoms with Crippen molar-refractivity contribution in [3.05, 3.63) is 30.3 Å². The maximum atomic E-state index is 12.7. The summed E-state index contributed by atoms with van der Waals surface area (Å²) in [4.78, 5) is 22.2. The maximum Gasteiger partial charge on any atom is 0.242 e. The summed E-state index contributed by atoms with van der Waals surface area (Å²) in [6.07, 6.45) is 3.42. The number of fused-ring (bicyclic) bond motifs is 1. The van der Waals surface area contributed by atoms with Crippen molar-refractivity contribution in [3.63, 3.8) is 0 Å². The second-order valence-corrected chi connectivity index (χ2v) is 9.86. The number of piperidine rings is 1. The van der Waals surface area contributed by atoms with Crippen molar-refractivity contribution < 1.29 is 4.79 Å². The molecule has 7 nitrogen and oxygen atoms in total. The Labute approximate surface area is 181 Å². The van der Waals surface area contributed by atoms with Crippen LogP contribution in [0.3, 0.4) is 0 Å². The van der Waals surface area contributed by atoms with Gasteiger partial charge in [0, 0.05) is 31.2 Å². The first-order valence-electron chi connectivity index (χ1n) is 10.5. The van der Waals surface area contributed by atoms with Gasteiger partial charge in [-0.05, 0) is 40.0 Å². The van der Waals surface area contributed by atoms with Crippen LogP contribution in [0.15, 0.2) is 30.3 Å². The molecule has 3 aromatic rings. The molecule has 3 heterocycles. The number of carbonyl (C=O) groups is 1. The van der Waals surface area contributed by atoms with Crippen LogP contribution in [0.25, 0.3) is 16.2 Å². The lowest BCUT2D eigenvalue weighted by Gasteiger charge is -2.28. The van der Waals surface area contributed by atoms with Crippen molar-refractivity contribution >= 4 is 33.2 Å². The van der Waals surface area contributed by atoms with E-state index in [9.17, 15) is 4.79 Å². The van der Waals surface area contributed by atoms with E-state index in [1.54, 1.807) is 0 Å². The van der Waals surface area contributed by atoms with Crippen LogP contribution in [0.4, 0.5) is 10.9 Å². The number of imidazole rings is 1. The monoisotopic (exact) mass is 426 g/mol. The quantitative estimate of drug-likeness (QED) is 0.665. The summed E-state index contributed by atoms with van der Waals surface area (Å²) in [5.74, 6) is 1.05. The summed E-state index contributed by atoms with van der Waals surface area (Å²) >= 11 is 1.51. The molecule has 1 saturated heterocycles. The van der Waals surface area contributed by atoms with E-state index >= 15 is 0 Å². The first-order valence-corrected chi connectivity index (χ1v) is 11.4. The van der Waals surface area contributed by atoms with Crippen LogP contribution >= 0.6 is 11.3 Å². The summed E-state index contributed by atoms with van der Waals surface area (Å²) in [5, 5.41) is 9.16. The third-order valence-electron chi connectivity index (χ3n) is 5.14. The van der Waals surface area contributed by atoms with Crippen molar-refractivity contribution in [3.8, 4) is 11.3 Å². The number of nitrogens with one attached hydrogen (secondary N) is 1. The number of hydrogen-bond acceptors (Lipinski definition) is 6. The van der Waals surface area contributed by atoms with Gasteiger partial charge in [-0.2, -0.15) is 4.52 Å². The smallest absolute Gasteiger partial charge is 0.242 e. The Hall–Kier alpha value is -2.61. The van der Waals surface area contributed by atoms with E-state index in [2.05, 4.69) is 38.2 Å². The number of aromatic nitrogens is 3. The van der Waals surface area contributed by atoms with Gasteiger partial charge in [-0.25, -0.2) is 4.98 Å². The first-order chi connectivity index (χ1) is 14.3. The van der Waals surface area contributed by atoms with E-state index in [-0.39, 0.29) is 11.4 Å². The number of amides is 1. The van der Waals surface area contributed by atoms with E-state index in [1.165, 1.54) is 17.8 Å². The Morgan fingerprint density at radius 1 is 1.17 bits per heavy atom. The average molecular weight is 427 g/mol. The molecule has 1 fully saturated rings. The number of likely N-dealkylation sites (N-methyl/N-ethyl adjacent to an activating group) is 1. The largest absolute Gasteiger partial charge is 0.364 e. The van der Waals surface area contributed by atoms with Gasteiger partial charge in [-0.3, -0.25) is 4.79 Å². The number of anilines is 2. The molecule has 0 aliphatic carbocycles. The Morgan fingerprint density at radius 3 is 2.53 bits per heavy atom. The minimum Gasteiger partial charge on any atom is -0.364 e. The predicted molar refractivity (Wildman–Crippen MR) is 123 cm³/mol. The van der Waals surface area contributed by atoms with Gasteiger partial charge in [-0.1, -0.05) is 41.7 Å². The summed E-state index contributed by atoms with van der Waals surface area (Å²) in [7, 11) is 1.93. The molecule has 0 bridgehead atoms. The second-order valence-electron chi connectivity index (χ2n) is 8.93. The Kier molecular flexibility index (Phi) is 5.69. The van der Waals surface area contributed by atoms with Crippen molar-refractivity contribution in [1.29, 1.82) is 0 Å². The highest BCUT2D eigenvalue weighted by atomic mass is 32.1. The molecule has 1 aromatic carbocycles. The van der Waals surface area contributed by atoms with Gasteiger partial charge in [0.15, 0.2) is 5.82 Å². The molecule has 2 aromatic heterocycles. The molecule has 0 atom stereocenters. The lowest BCUT2D eigenvalue weighted by molar-refractivity contribution is -0.130. The third kappa shape index (κ3) is 4.43. The van der Waals surface area contributed by atoms with Gasteiger partial charge in [0.05, 0.1) is 6.54 Å². The van der Waals surface area contributed by atoms with Gasteiger partial charge < -0.3 is 15.1 Å². The summed E-state index contributed by atoms with van der Waals surface area (Å²) < 4.78 is 1.87. The minimum atomic E-state index is -0.139. The zero-order valence-corrected chi connectivity index (χ0v) is 19.0. The van der Waals surface area contributed by atoms with Crippen LogP contribution in [-0.4, -0.2) is 57.6 Å². The molecule has 1 aliphatic rings. The minimum absolute atomic E-state index is 0.139. The molecule has 0 saturated carbocycles. The zero-order valence-electron chi connectivity index (χ0n) is 18.2. The molecule has 8 heteroatoms. The lowest BCUT2D eigenvalue weighted by Crippen LogP contribution is -2.41. The molecule has 30 heavy (non-hydrogen) atoms. The average Bonchev–Trinajstić information content (AvgIpc) is 3.28. The van der Waals surface area contributed by atoms with Gasteiger partial charge in [0.25, 0.3) is 0 Å². The van der Waals surface area contributed by atoms with Crippen molar-refractivity contribution in [2.24, 2.45) is 0 Å². The van der Waals surface area contributed by atoms with E-state index in [1.807, 2.05) is 39.6 Å². The predicted octanol–water partition coefficient (Wildman–Crippen LogP) is 4.12. The zero-order chi connectivity index (χ0) is 21.3. The van der Waals surface area contributed by atoms with Gasteiger partial charge in [0.2, 0.25) is 16.0 Å². The fraction of sp³-hybridized carbons (Fsp3) is 0.500. The maximum absolute atomic E-state index is 12.7. The third-order valence-corrected chi connectivity index (χ3v) is 6.16. The lowest BCUT2D eigenvalue weighted by atomic mass is 10.1. The van der Waals surface area contributed by atoms with E-state index < -0.39 is 0 Å². The molecule has 0 radical (unpaired) electrons. The van der Waals surface area contributed by atoms with Crippen molar-refractivity contribution in [2.45, 2.75) is 45.6 Å².